The first-order valence-corrected chi connectivity index (χ1v) is 6.30. The van der Waals surface area contributed by atoms with E-state index in [0.717, 1.165) is 24.8 Å². The maximum atomic E-state index is 5.34. The average Bonchev–Trinajstić information content (AvgIpc) is 2.76. The number of hydrogen-bond donors (Lipinski definition) is 1. The topological polar surface area (TPSA) is 24.5 Å². The summed E-state index contributed by atoms with van der Waals surface area (Å²) in [5, 5.41) is 3.53. The summed E-state index contributed by atoms with van der Waals surface area (Å²) in [5.41, 5.74) is 1.24. The number of methoxy groups -OCH3 is 1. The van der Waals surface area contributed by atoms with Crippen LogP contribution in [0.15, 0.2) is 24.3 Å². The van der Waals surface area contributed by atoms with E-state index in [0.29, 0.717) is 0 Å². The molecule has 1 N–H and O–H groups in total. The Labute approximate surface area is 104 Å². The zero-order valence-corrected chi connectivity index (χ0v) is 10.8. The minimum atomic E-state index is 0.801. The molecule has 2 rings (SSSR count). The molecule has 0 saturated carbocycles. The molecule has 0 aromatic heterocycles. The normalized spacial score (nSPS) is 20.7. The van der Waals surface area contributed by atoms with Crippen molar-refractivity contribution in [1.29, 1.82) is 0 Å². The number of nitrogens with zero attached hydrogens (tertiary/aromatic N) is 1. The summed E-state index contributed by atoms with van der Waals surface area (Å²) in [6.07, 6.45) is 1.31. The summed E-state index contributed by atoms with van der Waals surface area (Å²) in [6.45, 7) is 4.45. The molecule has 1 saturated heterocycles. The van der Waals surface area contributed by atoms with E-state index >= 15 is 0 Å². The zero-order chi connectivity index (χ0) is 12.1. The van der Waals surface area contributed by atoms with Gasteiger partial charge in [0.2, 0.25) is 0 Å². The molecule has 1 aliphatic heterocycles. The lowest BCUT2D eigenvalue weighted by molar-refractivity contribution is 0.385. The lowest BCUT2D eigenvalue weighted by Crippen LogP contribution is -2.24. The highest BCUT2D eigenvalue weighted by Crippen LogP contribution is 2.17. The van der Waals surface area contributed by atoms with Crippen molar-refractivity contribution >= 4 is 0 Å². The molecule has 0 bridgehead atoms. The number of benzene rings is 1. The SMILES string of the molecule is COc1ccccc1CNCC1CCN(C)C1. The first kappa shape index (κ1) is 12.4. The molecule has 1 unspecified atom stereocenters. The van der Waals surface area contributed by atoms with Gasteiger partial charge in [0.1, 0.15) is 5.75 Å². The van der Waals surface area contributed by atoms with Gasteiger partial charge in [-0.25, -0.2) is 0 Å². The monoisotopic (exact) mass is 234 g/mol. The largest absolute Gasteiger partial charge is 0.496 e. The van der Waals surface area contributed by atoms with E-state index in [-0.39, 0.29) is 0 Å². The Hall–Kier alpha value is -1.06. The van der Waals surface area contributed by atoms with E-state index in [2.05, 4.69) is 29.4 Å². The van der Waals surface area contributed by atoms with Crippen LogP contribution in [0.5, 0.6) is 5.75 Å². The summed E-state index contributed by atoms with van der Waals surface area (Å²) < 4.78 is 5.34. The van der Waals surface area contributed by atoms with Crippen LogP contribution >= 0.6 is 0 Å². The molecule has 0 amide bonds. The van der Waals surface area contributed by atoms with Gasteiger partial charge in [-0.05, 0) is 38.5 Å². The van der Waals surface area contributed by atoms with E-state index in [9.17, 15) is 0 Å². The van der Waals surface area contributed by atoms with Crippen LogP contribution in [-0.2, 0) is 6.54 Å². The molecule has 0 radical (unpaired) electrons. The van der Waals surface area contributed by atoms with Gasteiger partial charge >= 0.3 is 0 Å². The predicted molar refractivity (Wildman–Crippen MR) is 70.3 cm³/mol. The van der Waals surface area contributed by atoms with Crippen LogP contribution in [0, 0.1) is 5.92 Å². The number of hydrogen-bond acceptors (Lipinski definition) is 3. The quantitative estimate of drug-likeness (QED) is 0.840. The number of likely N-dealkylation sites (tertiary alicyclic amines) is 1. The lowest BCUT2D eigenvalue weighted by Gasteiger charge is -2.13. The highest BCUT2D eigenvalue weighted by Gasteiger charge is 2.18. The Kier molecular flexibility index (Phi) is 4.40. The molecule has 0 spiro atoms. The molecule has 1 atom stereocenters. The molecule has 1 aliphatic rings. The van der Waals surface area contributed by atoms with E-state index in [1.807, 2.05) is 12.1 Å². The molecule has 17 heavy (non-hydrogen) atoms. The van der Waals surface area contributed by atoms with Crippen LogP contribution in [0.25, 0.3) is 0 Å². The average molecular weight is 234 g/mol. The first-order valence-electron chi connectivity index (χ1n) is 6.30. The molecule has 1 heterocycles. The standard InChI is InChI=1S/C14H22N2O/c1-16-8-7-12(11-16)9-15-10-13-5-3-4-6-14(13)17-2/h3-6,12,15H,7-11H2,1-2H3. The Bertz CT molecular complexity index is 354. The third-order valence-electron chi connectivity index (χ3n) is 3.43. The minimum absolute atomic E-state index is 0.801. The second kappa shape index (κ2) is 6.03. The summed E-state index contributed by atoms with van der Waals surface area (Å²) in [7, 11) is 3.92. The third-order valence-corrected chi connectivity index (χ3v) is 3.43. The molecular weight excluding hydrogens is 212 g/mol. The summed E-state index contributed by atoms with van der Waals surface area (Å²) in [6, 6.07) is 8.20. The Morgan fingerprint density at radius 2 is 2.24 bits per heavy atom. The number of nitrogens with one attached hydrogen (secondary N) is 1. The van der Waals surface area contributed by atoms with Crippen LogP contribution < -0.4 is 10.1 Å². The predicted octanol–water partition coefficient (Wildman–Crippen LogP) is 1.74. The van der Waals surface area contributed by atoms with Crippen molar-refractivity contribution in [3.05, 3.63) is 29.8 Å². The van der Waals surface area contributed by atoms with E-state index in [4.69, 9.17) is 4.74 Å². The van der Waals surface area contributed by atoms with Crippen molar-refractivity contribution in [3.8, 4) is 5.75 Å². The molecular formula is C14H22N2O. The molecule has 1 aromatic rings. The fraction of sp³-hybridized carbons (Fsp3) is 0.571. The fourth-order valence-corrected chi connectivity index (χ4v) is 2.45. The zero-order valence-electron chi connectivity index (χ0n) is 10.8. The van der Waals surface area contributed by atoms with Crippen LogP contribution in [-0.4, -0.2) is 38.7 Å². The molecule has 0 aliphatic carbocycles. The summed E-state index contributed by atoms with van der Waals surface area (Å²) in [4.78, 5) is 2.40. The molecule has 1 aromatic carbocycles. The Morgan fingerprint density at radius 3 is 2.94 bits per heavy atom. The van der Waals surface area contributed by atoms with Crippen molar-refractivity contribution in [2.75, 3.05) is 33.8 Å². The summed E-state index contributed by atoms with van der Waals surface area (Å²) >= 11 is 0. The smallest absolute Gasteiger partial charge is 0.123 e. The Balaban J connectivity index is 1.78. The van der Waals surface area contributed by atoms with Gasteiger partial charge in [-0.15, -0.1) is 0 Å². The van der Waals surface area contributed by atoms with Crippen molar-refractivity contribution in [1.82, 2.24) is 10.2 Å². The van der Waals surface area contributed by atoms with Crippen LogP contribution in [0.2, 0.25) is 0 Å². The van der Waals surface area contributed by atoms with Crippen molar-refractivity contribution in [3.63, 3.8) is 0 Å². The van der Waals surface area contributed by atoms with Gasteiger partial charge in [-0.3, -0.25) is 0 Å². The van der Waals surface area contributed by atoms with Gasteiger partial charge in [0.05, 0.1) is 7.11 Å². The van der Waals surface area contributed by atoms with E-state index < -0.39 is 0 Å². The third kappa shape index (κ3) is 3.45. The minimum Gasteiger partial charge on any atom is -0.496 e. The van der Waals surface area contributed by atoms with Gasteiger partial charge in [0.25, 0.3) is 0 Å². The van der Waals surface area contributed by atoms with Crippen LogP contribution in [0.1, 0.15) is 12.0 Å². The number of ether oxygens (including phenoxy) is 1. The maximum Gasteiger partial charge on any atom is 0.123 e. The maximum absolute atomic E-state index is 5.34. The molecule has 3 nitrogen and oxygen atoms in total. The van der Waals surface area contributed by atoms with Crippen molar-refractivity contribution < 1.29 is 4.74 Å². The highest BCUT2D eigenvalue weighted by molar-refractivity contribution is 5.32. The second-order valence-corrected chi connectivity index (χ2v) is 4.86. The number of rotatable bonds is 5. The van der Waals surface area contributed by atoms with Crippen LogP contribution in [0.3, 0.4) is 0 Å². The van der Waals surface area contributed by atoms with Gasteiger partial charge in [0, 0.05) is 18.7 Å². The number of para-hydroxylation sites is 1. The summed E-state index contributed by atoms with van der Waals surface area (Å²) in [5.74, 6) is 1.78. The van der Waals surface area contributed by atoms with Gasteiger partial charge in [-0.2, -0.15) is 0 Å². The van der Waals surface area contributed by atoms with Crippen molar-refractivity contribution in [2.24, 2.45) is 5.92 Å². The van der Waals surface area contributed by atoms with E-state index in [1.165, 1.54) is 25.1 Å². The highest BCUT2D eigenvalue weighted by atomic mass is 16.5. The molecule has 1 fully saturated rings. The fourth-order valence-electron chi connectivity index (χ4n) is 2.45. The Morgan fingerprint density at radius 1 is 1.41 bits per heavy atom. The van der Waals surface area contributed by atoms with Crippen LogP contribution in [0.4, 0.5) is 0 Å². The van der Waals surface area contributed by atoms with E-state index in [1.54, 1.807) is 7.11 Å². The molecule has 3 heteroatoms. The van der Waals surface area contributed by atoms with Crippen molar-refractivity contribution in [2.45, 2.75) is 13.0 Å². The van der Waals surface area contributed by atoms with Gasteiger partial charge in [-0.1, -0.05) is 18.2 Å². The molecule has 94 valence electrons. The van der Waals surface area contributed by atoms with Gasteiger partial charge in [0.15, 0.2) is 0 Å². The van der Waals surface area contributed by atoms with Gasteiger partial charge < -0.3 is 15.0 Å². The lowest BCUT2D eigenvalue weighted by atomic mass is 10.1. The first-order chi connectivity index (χ1) is 8.29. The second-order valence-electron chi connectivity index (χ2n) is 4.86.